The molecule has 0 saturated heterocycles. The molecule has 1 unspecified atom stereocenters. The van der Waals surface area contributed by atoms with Crippen LogP contribution in [0.5, 0.6) is 0 Å². The fraction of sp³-hybridized carbons (Fsp3) is 0.391. The summed E-state index contributed by atoms with van der Waals surface area (Å²) in [5.41, 5.74) is 5.00. The third-order valence-electron chi connectivity index (χ3n) is 6.01. The summed E-state index contributed by atoms with van der Waals surface area (Å²) in [6, 6.07) is 14.6. The van der Waals surface area contributed by atoms with Gasteiger partial charge in [0, 0.05) is 19.7 Å². The molecular formula is C23H28N6O. The van der Waals surface area contributed by atoms with E-state index in [-0.39, 0.29) is 5.91 Å². The summed E-state index contributed by atoms with van der Waals surface area (Å²) in [6.07, 6.45) is 2.57. The second-order valence-corrected chi connectivity index (χ2v) is 7.97. The Balaban J connectivity index is 1.96. The number of hydrogen-bond donors (Lipinski definition) is 2. The number of rotatable bonds is 6. The van der Waals surface area contributed by atoms with Crippen molar-refractivity contribution in [2.45, 2.75) is 31.6 Å². The molecule has 1 aliphatic carbocycles. The zero-order chi connectivity index (χ0) is 21.1. The van der Waals surface area contributed by atoms with Crippen LogP contribution in [0.25, 0.3) is 0 Å². The molecule has 1 amide bonds. The van der Waals surface area contributed by atoms with Crippen molar-refractivity contribution in [2.24, 2.45) is 0 Å². The number of nitrogens with zero attached hydrogens (tertiary/aromatic N) is 4. The second kappa shape index (κ2) is 8.36. The zero-order valence-corrected chi connectivity index (χ0v) is 17.8. The van der Waals surface area contributed by atoms with Crippen molar-refractivity contribution in [3.8, 4) is 0 Å². The summed E-state index contributed by atoms with van der Waals surface area (Å²) >= 11 is 0. The number of carbonyl (C=O) groups is 1. The highest BCUT2D eigenvalue weighted by Crippen LogP contribution is 2.45. The minimum atomic E-state index is -0.530. The summed E-state index contributed by atoms with van der Waals surface area (Å²) in [5.74, 6) is 0.681. The molecule has 0 radical (unpaired) electrons. The largest absolute Gasteiger partial charge is 0.345 e. The SMILES string of the molecule is CCNCCC1(c2nn[nH]n2)c2ccccc2CCc2cc(C(=O)N(C)C)ccc21. The molecule has 4 rings (SSSR count). The summed E-state index contributed by atoms with van der Waals surface area (Å²) < 4.78 is 0. The van der Waals surface area contributed by atoms with E-state index in [2.05, 4.69) is 63.2 Å². The molecule has 156 valence electrons. The molecule has 0 fully saturated rings. The van der Waals surface area contributed by atoms with E-state index in [1.807, 2.05) is 12.1 Å². The van der Waals surface area contributed by atoms with Crippen molar-refractivity contribution in [2.75, 3.05) is 27.2 Å². The lowest BCUT2D eigenvalue weighted by atomic mass is 9.69. The number of aromatic amines is 1. The number of carbonyl (C=O) groups excluding carboxylic acids is 1. The number of aromatic nitrogens is 4. The third kappa shape index (κ3) is 3.39. The molecule has 0 spiro atoms. The van der Waals surface area contributed by atoms with Crippen molar-refractivity contribution < 1.29 is 4.79 Å². The summed E-state index contributed by atoms with van der Waals surface area (Å²) in [5, 5.41) is 18.9. The van der Waals surface area contributed by atoms with Gasteiger partial charge in [0.2, 0.25) is 0 Å². The fourth-order valence-electron chi connectivity index (χ4n) is 4.59. The molecule has 2 aromatic carbocycles. The van der Waals surface area contributed by atoms with Gasteiger partial charge in [-0.2, -0.15) is 5.21 Å². The van der Waals surface area contributed by atoms with Crippen molar-refractivity contribution in [1.82, 2.24) is 30.8 Å². The lowest BCUT2D eigenvalue weighted by molar-refractivity contribution is 0.0827. The van der Waals surface area contributed by atoms with Crippen LogP contribution >= 0.6 is 0 Å². The molecule has 30 heavy (non-hydrogen) atoms. The Morgan fingerprint density at radius 2 is 1.90 bits per heavy atom. The Morgan fingerprint density at radius 1 is 1.13 bits per heavy atom. The monoisotopic (exact) mass is 404 g/mol. The number of nitrogens with one attached hydrogen (secondary N) is 2. The van der Waals surface area contributed by atoms with Crippen LogP contribution in [0.15, 0.2) is 42.5 Å². The van der Waals surface area contributed by atoms with Gasteiger partial charge in [-0.15, -0.1) is 10.2 Å². The van der Waals surface area contributed by atoms with Crippen LogP contribution in [-0.4, -0.2) is 58.6 Å². The lowest BCUT2D eigenvalue weighted by Crippen LogP contribution is -2.36. The predicted molar refractivity (Wildman–Crippen MR) is 116 cm³/mol. The molecule has 1 atom stereocenters. The van der Waals surface area contributed by atoms with Crippen molar-refractivity contribution in [3.63, 3.8) is 0 Å². The first kappa shape index (κ1) is 20.2. The molecule has 1 aliphatic rings. The Hall–Kier alpha value is -3.06. The topological polar surface area (TPSA) is 86.8 Å². The Bertz CT molecular complexity index is 1030. The molecule has 2 N–H and O–H groups in total. The van der Waals surface area contributed by atoms with E-state index in [0.29, 0.717) is 11.4 Å². The first-order valence-electron chi connectivity index (χ1n) is 10.5. The molecule has 1 aromatic heterocycles. The van der Waals surface area contributed by atoms with E-state index in [1.54, 1.807) is 19.0 Å². The van der Waals surface area contributed by atoms with E-state index in [1.165, 1.54) is 16.7 Å². The molecule has 3 aromatic rings. The normalized spacial score (nSPS) is 17.7. The Morgan fingerprint density at radius 3 is 2.63 bits per heavy atom. The molecule has 7 nitrogen and oxygen atoms in total. The van der Waals surface area contributed by atoms with Gasteiger partial charge in [0.15, 0.2) is 5.82 Å². The number of H-pyrrole nitrogens is 1. The van der Waals surface area contributed by atoms with E-state index >= 15 is 0 Å². The number of tetrazole rings is 1. The van der Waals surface area contributed by atoms with Gasteiger partial charge < -0.3 is 10.2 Å². The molecule has 7 heteroatoms. The maximum atomic E-state index is 12.6. The maximum Gasteiger partial charge on any atom is 0.253 e. The van der Waals surface area contributed by atoms with Crippen LogP contribution in [0.4, 0.5) is 0 Å². The summed E-state index contributed by atoms with van der Waals surface area (Å²) in [7, 11) is 3.56. The number of benzene rings is 2. The van der Waals surface area contributed by atoms with Crippen LogP contribution in [0, 0.1) is 0 Å². The van der Waals surface area contributed by atoms with Crippen molar-refractivity contribution in [3.05, 3.63) is 76.1 Å². The first-order valence-corrected chi connectivity index (χ1v) is 10.5. The average molecular weight is 405 g/mol. The number of fused-ring (bicyclic) bond motifs is 2. The molecule has 0 saturated carbocycles. The van der Waals surface area contributed by atoms with Gasteiger partial charge in [-0.1, -0.05) is 42.5 Å². The van der Waals surface area contributed by atoms with Crippen LogP contribution in [0.1, 0.15) is 51.8 Å². The Kier molecular flexibility index (Phi) is 5.63. The average Bonchev–Trinajstić information content (AvgIpc) is 3.26. The van der Waals surface area contributed by atoms with Gasteiger partial charge in [0.25, 0.3) is 5.91 Å². The number of amides is 1. The highest BCUT2D eigenvalue weighted by molar-refractivity contribution is 5.94. The highest BCUT2D eigenvalue weighted by Gasteiger charge is 2.44. The van der Waals surface area contributed by atoms with Crippen LogP contribution < -0.4 is 5.32 Å². The third-order valence-corrected chi connectivity index (χ3v) is 6.01. The molecule has 0 aliphatic heterocycles. The quantitative estimate of drug-likeness (QED) is 0.616. The first-order chi connectivity index (χ1) is 14.6. The number of hydrogen-bond acceptors (Lipinski definition) is 5. The highest BCUT2D eigenvalue weighted by atomic mass is 16.2. The zero-order valence-electron chi connectivity index (χ0n) is 17.8. The van der Waals surface area contributed by atoms with E-state index in [0.717, 1.165) is 37.9 Å². The van der Waals surface area contributed by atoms with Crippen molar-refractivity contribution >= 4 is 5.91 Å². The van der Waals surface area contributed by atoms with Gasteiger partial charge in [-0.05, 0) is 66.7 Å². The van der Waals surface area contributed by atoms with Crippen LogP contribution in [0.2, 0.25) is 0 Å². The summed E-state index contributed by atoms with van der Waals surface area (Å²) in [4.78, 5) is 14.2. The van der Waals surface area contributed by atoms with Gasteiger partial charge >= 0.3 is 0 Å². The van der Waals surface area contributed by atoms with Crippen LogP contribution in [-0.2, 0) is 18.3 Å². The lowest BCUT2D eigenvalue weighted by Gasteiger charge is -2.34. The minimum absolute atomic E-state index is 0.0115. The number of aryl methyl sites for hydroxylation is 2. The van der Waals surface area contributed by atoms with Crippen LogP contribution in [0.3, 0.4) is 0 Å². The van der Waals surface area contributed by atoms with Gasteiger partial charge in [-0.3, -0.25) is 4.79 Å². The maximum absolute atomic E-state index is 12.6. The van der Waals surface area contributed by atoms with Gasteiger partial charge in [0.1, 0.15) is 0 Å². The minimum Gasteiger partial charge on any atom is -0.345 e. The molecular weight excluding hydrogens is 376 g/mol. The van der Waals surface area contributed by atoms with E-state index in [9.17, 15) is 4.79 Å². The van der Waals surface area contributed by atoms with E-state index < -0.39 is 5.41 Å². The molecule has 0 bridgehead atoms. The summed E-state index contributed by atoms with van der Waals surface area (Å²) in [6.45, 7) is 3.82. The van der Waals surface area contributed by atoms with Crippen molar-refractivity contribution in [1.29, 1.82) is 0 Å². The standard InChI is InChI=1S/C23H28N6O/c1-4-24-14-13-23(22-25-27-28-26-22)19-8-6-5-7-16(19)9-10-17-15-18(11-12-20(17)23)21(30)29(2)3/h5-8,11-12,15,24H,4,9-10,13-14H2,1-3H3,(H,25,26,27,28). The fourth-order valence-corrected chi connectivity index (χ4v) is 4.59. The smallest absolute Gasteiger partial charge is 0.253 e. The Labute approximate surface area is 176 Å². The predicted octanol–water partition coefficient (Wildman–Crippen LogP) is 2.33. The van der Waals surface area contributed by atoms with E-state index in [4.69, 9.17) is 0 Å². The second-order valence-electron chi connectivity index (χ2n) is 7.97. The van der Waals surface area contributed by atoms with Gasteiger partial charge in [0.05, 0.1) is 5.41 Å². The van der Waals surface area contributed by atoms with Gasteiger partial charge in [-0.25, -0.2) is 0 Å². The molecule has 1 heterocycles.